The van der Waals surface area contributed by atoms with Gasteiger partial charge in [0.25, 0.3) is 0 Å². The molecule has 2 aromatic rings. The van der Waals surface area contributed by atoms with Crippen LogP contribution in [0, 0.1) is 6.92 Å². The zero-order chi connectivity index (χ0) is 14.5. The van der Waals surface area contributed by atoms with Crippen molar-refractivity contribution in [1.82, 2.24) is 9.97 Å². The number of pyridine rings is 2. The molecule has 1 aliphatic heterocycles. The van der Waals surface area contributed by atoms with Crippen LogP contribution in [0.5, 0.6) is 0 Å². The van der Waals surface area contributed by atoms with Gasteiger partial charge in [-0.2, -0.15) is 0 Å². The Labute approximate surface area is 144 Å². The fourth-order valence-electron chi connectivity index (χ4n) is 2.49. The molecule has 1 saturated heterocycles. The van der Waals surface area contributed by atoms with Gasteiger partial charge in [0.1, 0.15) is 0 Å². The standard InChI is InChI=1S/C17H20N2O2.Os/c1-13-5-7-18-15(11-13)16-12-14(6-8-19-16)3-2-4-17-20-9-10-21-17;/h5-8,11-12,17H,2-4,9-10H2,1H3;. The molecule has 2 aromatic heterocycles. The third-order valence-electron chi connectivity index (χ3n) is 3.60. The van der Waals surface area contributed by atoms with Crippen LogP contribution in [0.4, 0.5) is 0 Å². The van der Waals surface area contributed by atoms with Crippen molar-refractivity contribution >= 4 is 0 Å². The van der Waals surface area contributed by atoms with Gasteiger partial charge in [-0.3, -0.25) is 9.97 Å². The van der Waals surface area contributed by atoms with E-state index in [2.05, 4.69) is 35.1 Å². The average Bonchev–Trinajstić information content (AvgIpc) is 3.01. The predicted molar refractivity (Wildman–Crippen MR) is 80.8 cm³/mol. The summed E-state index contributed by atoms with van der Waals surface area (Å²) in [7, 11) is 0. The summed E-state index contributed by atoms with van der Waals surface area (Å²) in [6, 6.07) is 8.25. The van der Waals surface area contributed by atoms with Gasteiger partial charge in [0.05, 0.1) is 24.6 Å². The minimum absolute atomic E-state index is 0. The minimum Gasteiger partial charge on any atom is -0.350 e. The van der Waals surface area contributed by atoms with E-state index in [1.807, 2.05) is 18.5 Å². The number of ether oxygens (including phenoxy) is 2. The molecule has 118 valence electrons. The maximum absolute atomic E-state index is 5.45. The van der Waals surface area contributed by atoms with E-state index < -0.39 is 0 Å². The Kier molecular flexibility index (Phi) is 6.63. The Morgan fingerprint density at radius 2 is 1.73 bits per heavy atom. The van der Waals surface area contributed by atoms with Gasteiger partial charge in [-0.1, -0.05) is 0 Å². The van der Waals surface area contributed by atoms with Gasteiger partial charge in [-0.15, -0.1) is 0 Å². The Morgan fingerprint density at radius 1 is 1.05 bits per heavy atom. The number of nitrogens with zero attached hydrogens (tertiary/aromatic N) is 2. The van der Waals surface area contributed by atoms with Crippen LogP contribution in [0.15, 0.2) is 36.7 Å². The molecule has 5 heteroatoms. The second-order valence-electron chi connectivity index (χ2n) is 5.33. The van der Waals surface area contributed by atoms with E-state index in [1.54, 1.807) is 0 Å². The second kappa shape index (κ2) is 8.48. The molecule has 0 N–H and O–H groups in total. The Bertz CT molecular complexity index is 601. The fourth-order valence-corrected chi connectivity index (χ4v) is 2.49. The third kappa shape index (κ3) is 4.68. The smallest absolute Gasteiger partial charge is 0.157 e. The molecule has 0 bridgehead atoms. The molecule has 0 radical (unpaired) electrons. The first-order valence-electron chi connectivity index (χ1n) is 7.42. The van der Waals surface area contributed by atoms with E-state index >= 15 is 0 Å². The van der Waals surface area contributed by atoms with Crippen LogP contribution in [-0.2, 0) is 35.7 Å². The molecule has 1 fully saturated rings. The first-order chi connectivity index (χ1) is 10.3. The van der Waals surface area contributed by atoms with Gasteiger partial charge >= 0.3 is 0 Å². The van der Waals surface area contributed by atoms with Crippen LogP contribution >= 0.6 is 0 Å². The molecular formula is C17H20N2O2Os. The topological polar surface area (TPSA) is 44.2 Å². The van der Waals surface area contributed by atoms with Crippen molar-refractivity contribution in [3.63, 3.8) is 0 Å². The summed E-state index contributed by atoms with van der Waals surface area (Å²) in [6.07, 6.45) is 6.68. The number of rotatable bonds is 5. The molecule has 3 rings (SSSR count). The van der Waals surface area contributed by atoms with Crippen LogP contribution in [-0.4, -0.2) is 29.5 Å². The first kappa shape index (κ1) is 17.2. The Balaban J connectivity index is 0.00000176. The summed E-state index contributed by atoms with van der Waals surface area (Å²) in [6.45, 7) is 3.52. The SMILES string of the molecule is Cc1ccnc(-c2cc(CCCC3OCCO3)ccn2)c1.[Os]. The molecular weight excluding hydrogens is 454 g/mol. The second-order valence-corrected chi connectivity index (χ2v) is 5.33. The zero-order valence-electron chi connectivity index (χ0n) is 12.6. The molecule has 0 amide bonds. The van der Waals surface area contributed by atoms with Gasteiger partial charge in [0.2, 0.25) is 0 Å². The molecule has 0 atom stereocenters. The average molecular weight is 475 g/mol. The summed E-state index contributed by atoms with van der Waals surface area (Å²) in [4.78, 5) is 8.82. The van der Waals surface area contributed by atoms with Gasteiger partial charge in [0, 0.05) is 32.2 Å². The van der Waals surface area contributed by atoms with Crippen molar-refractivity contribution in [2.45, 2.75) is 32.5 Å². The minimum atomic E-state index is -0.00949. The van der Waals surface area contributed by atoms with Crippen LogP contribution in [0.1, 0.15) is 24.0 Å². The Morgan fingerprint density at radius 3 is 2.45 bits per heavy atom. The number of aryl methyl sites for hydroxylation is 2. The number of hydrogen-bond acceptors (Lipinski definition) is 4. The summed E-state index contributed by atoms with van der Waals surface area (Å²) < 4.78 is 10.9. The van der Waals surface area contributed by atoms with Crippen LogP contribution in [0.2, 0.25) is 0 Å². The van der Waals surface area contributed by atoms with E-state index in [0.717, 1.165) is 43.9 Å². The summed E-state index contributed by atoms with van der Waals surface area (Å²) >= 11 is 0. The van der Waals surface area contributed by atoms with E-state index in [9.17, 15) is 0 Å². The van der Waals surface area contributed by atoms with Crippen molar-refractivity contribution in [1.29, 1.82) is 0 Å². The summed E-state index contributed by atoms with van der Waals surface area (Å²) in [5, 5.41) is 0. The monoisotopic (exact) mass is 476 g/mol. The Hall–Kier alpha value is -1.14. The molecule has 0 unspecified atom stereocenters. The van der Waals surface area contributed by atoms with Crippen molar-refractivity contribution in [2.75, 3.05) is 13.2 Å². The quantitative estimate of drug-likeness (QED) is 0.668. The third-order valence-corrected chi connectivity index (χ3v) is 3.60. The predicted octanol–water partition coefficient (Wildman–Crippen LogP) is 3.15. The van der Waals surface area contributed by atoms with E-state index in [1.165, 1.54) is 11.1 Å². The van der Waals surface area contributed by atoms with Crippen molar-refractivity contribution in [3.8, 4) is 11.4 Å². The van der Waals surface area contributed by atoms with E-state index in [4.69, 9.17) is 9.47 Å². The van der Waals surface area contributed by atoms with Gasteiger partial charge < -0.3 is 9.47 Å². The van der Waals surface area contributed by atoms with Crippen LogP contribution in [0.3, 0.4) is 0 Å². The molecule has 4 nitrogen and oxygen atoms in total. The molecule has 0 saturated carbocycles. The normalized spacial score (nSPS) is 14.8. The first-order valence-corrected chi connectivity index (χ1v) is 7.42. The van der Waals surface area contributed by atoms with Gasteiger partial charge in [0.15, 0.2) is 6.29 Å². The fraction of sp³-hybridized carbons (Fsp3) is 0.412. The van der Waals surface area contributed by atoms with Crippen molar-refractivity contribution in [3.05, 3.63) is 47.8 Å². The summed E-state index contributed by atoms with van der Waals surface area (Å²) in [5.41, 5.74) is 4.34. The summed E-state index contributed by atoms with van der Waals surface area (Å²) in [5.74, 6) is 0. The number of hydrogen-bond donors (Lipinski definition) is 0. The van der Waals surface area contributed by atoms with Crippen LogP contribution < -0.4 is 0 Å². The molecule has 0 aromatic carbocycles. The molecule has 22 heavy (non-hydrogen) atoms. The van der Waals surface area contributed by atoms with Crippen molar-refractivity contribution in [2.24, 2.45) is 0 Å². The molecule has 1 aliphatic rings. The zero-order valence-corrected chi connectivity index (χ0v) is 15.2. The van der Waals surface area contributed by atoms with Crippen LogP contribution in [0.25, 0.3) is 11.4 Å². The maximum Gasteiger partial charge on any atom is 0.157 e. The van der Waals surface area contributed by atoms with Gasteiger partial charge in [-0.25, -0.2) is 0 Å². The maximum atomic E-state index is 5.45. The van der Waals surface area contributed by atoms with Crippen molar-refractivity contribution < 1.29 is 29.3 Å². The molecule has 3 heterocycles. The van der Waals surface area contributed by atoms with E-state index in [-0.39, 0.29) is 26.1 Å². The molecule has 0 aliphatic carbocycles. The van der Waals surface area contributed by atoms with E-state index in [0.29, 0.717) is 0 Å². The molecule has 0 spiro atoms. The van der Waals surface area contributed by atoms with Gasteiger partial charge in [-0.05, 0) is 61.6 Å². The largest absolute Gasteiger partial charge is 0.350 e. The number of aromatic nitrogens is 2.